The van der Waals surface area contributed by atoms with Crippen LogP contribution in [0.1, 0.15) is 38.7 Å². The number of alkyl carbamates (subject to hydrolysis) is 1. The quantitative estimate of drug-likeness (QED) is 0.217. The fraction of sp³-hybridized carbons (Fsp3) is 0.226. The van der Waals surface area contributed by atoms with Crippen molar-refractivity contribution in [3.05, 3.63) is 94.8 Å². The van der Waals surface area contributed by atoms with Crippen molar-refractivity contribution < 1.29 is 28.2 Å². The monoisotopic (exact) mass is 540 g/mol. The van der Waals surface area contributed by atoms with Gasteiger partial charge in [0.05, 0.1) is 11.1 Å². The third-order valence-corrected chi connectivity index (χ3v) is 6.10. The molecule has 9 heteroatoms. The van der Waals surface area contributed by atoms with Crippen LogP contribution in [0, 0.1) is 0 Å². The highest BCUT2D eigenvalue weighted by Crippen LogP contribution is 2.34. The molecular formula is C31H28N2O7. The number of nitrogens with one attached hydrogen (secondary N) is 1. The van der Waals surface area contributed by atoms with Crippen molar-refractivity contribution in [2.75, 3.05) is 0 Å². The minimum atomic E-state index is -1.04. The van der Waals surface area contributed by atoms with Crippen LogP contribution in [0.5, 0.6) is 17.2 Å². The van der Waals surface area contributed by atoms with E-state index in [9.17, 15) is 14.4 Å². The molecule has 0 spiro atoms. The largest absolute Gasteiger partial charge is 0.460 e. The second-order valence-corrected chi connectivity index (χ2v) is 10.3. The highest BCUT2D eigenvalue weighted by Gasteiger charge is 2.31. The molecule has 1 aliphatic heterocycles. The van der Waals surface area contributed by atoms with Crippen LogP contribution in [0.2, 0.25) is 0 Å². The Labute approximate surface area is 230 Å². The summed E-state index contributed by atoms with van der Waals surface area (Å²) in [5, 5.41) is 2.90. The van der Waals surface area contributed by atoms with Crippen molar-refractivity contribution in [1.82, 2.24) is 5.32 Å². The van der Waals surface area contributed by atoms with Gasteiger partial charge in [-0.3, -0.25) is 9.79 Å². The Bertz CT molecular complexity index is 1640. The van der Waals surface area contributed by atoms with Gasteiger partial charge in [0.2, 0.25) is 11.2 Å². The molecule has 0 aliphatic carbocycles. The van der Waals surface area contributed by atoms with Crippen LogP contribution in [0.25, 0.3) is 11.0 Å². The number of carbonyl (C=O) groups excluding carboxylic acids is 2. The molecule has 0 bridgehead atoms. The summed E-state index contributed by atoms with van der Waals surface area (Å²) in [5.41, 5.74) is 0.860. The fourth-order valence-corrected chi connectivity index (χ4v) is 4.30. The Morgan fingerprint density at radius 1 is 1.00 bits per heavy atom. The SMILES string of the molecule is CC(C)(C)OC(=O)NC(CC1C=Nc2ccccc21)C(=O)Oc1ccc2c(=O)c(Oc3ccccc3)coc2c1. The second kappa shape index (κ2) is 11.1. The molecule has 9 nitrogen and oxygen atoms in total. The van der Waals surface area contributed by atoms with Crippen LogP contribution in [0.3, 0.4) is 0 Å². The lowest BCUT2D eigenvalue weighted by atomic mass is 9.94. The first kappa shape index (κ1) is 26.7. The molecule has 0 radical (unpaired) electrons. The van der Waals surface area contributed by atoms with E-state index in [1.54, 1.807) is 51.3 Å². The first-order valence-corrected chi connectivity index (χ1v) is 12.8. The van der Waals surface area contributed by atoms with Crippen molar-refractivity contribution in [2.45, 2.75) is 44.8 Å². The van der Waals surface area contributed by atoms with E-state index in [-0.39, 0.29) is 40.2 Å². The third-order valence-electron chi connectivity index (χ3n) is 6.10. The predicted octanol–water partition coefficient (Wildman–Crippen LogP) is 6.27. The van der Waals surface area contributed by atoms with Gasteiger partial charge in [0, 0.05) is 18.2 Å². The highest BCUT2D eigenvalue weighted by molar-refractivity contribution is 5.87. The van der Waals surface area contributed by atoms with Crippen molar-refractivity contribution in [2.24, 2.45) is 4.99 Å². The lowest BCUT2D eigenvalue weighted by Gasteiger charge is -2.24. The number of aliphatic imine (C=N–C) groups is 1. The molecule has 1 N–H and O–H groups in total. The van der Waals surface area contributed by atoms with E-state index >= 15 is 0 Å². The van der Waals surface area contributed by atoms with Gasteiger partial charge in [0.15, 0.2) is 0 Å². The van der Waals surface area contributed by atoms with Gasteiger partial charge < -0.3 is 23.9 Å². The summed E-state index contributed by atoms with van der Waals surface area (Å²) in [5.74, 6) is -0.230. The average Bonchev–Trinajstić information content (AvgIpc) is 3.32. The Kier molecular flexibility index (Phi) is 7.37. The summed E-state index contributed by atoms with van der Waals surface area (Å²) in [6.07, 6.45) is 2.43. The molecule has 0 fully saturated rings. The zero-order chi connectivity index (χ0) is 28.3. The summed E-state index contributed by atoms with van der Waals surface area (Å²) < 4.78 is 22.3. The van der Waals surface area contributed by atoms with E-state index in [4.69, 9.17) is 18.6 Å². The summed E-state index contributed by atoms with van der Waals surface area (Å²) >= 11 is 0. The zero-order valence-corrected chi connectivity index (χ0v) is 22.2. The van der Waals surface area contributed by atoms with Gasteiger partial charge in [-0.25, -0.2) is 9.59 Å². The number of amides is 1. The van der Waals surface area contributed by atoms with Crippen LogP contribution < -0.4 is 20.2 Å². The van der Waals surface area contributed by atoms with Crippen molar-refractivity contribution in [3.8, 4) is 17.2 Å². The smallest absolute Gasteiger partial charge is 0.408 e. The maximum absolute atomic E-state index is 13.3. The predicted molar refractivity (Wildman–Crippen MR) is 150 cm³/mol. The maximum atomic E-state index is 13.3. The number of nitrogens with zero attached hydrogens (tertiary/aromatic N) is 1. The van der Waals surface area contributed by atoms with Crippen LogP contribution in [0.4, 0.5) is 10.5 Å². The molecule has 1 aromatic heterocycles. The molecule has 2 atom stereocenters. The molecule has 1 amide bonds. The van der Waals surface area contributed by atoms with Crippen molar-refractivity contribution in [3.63, 3.8) is 0 Å². The topological polar surface area (TPSA) is 116 Å². The van der Waals surface area contributed by atoms with Crippen LogP contribution in [0.15, 0.2) is 93.3 Å². The minimum absolute atomic E-state index is 0.0311. The van der Waals surface area contributed by atoms with E-state index in [2.05, 4.69) is 10.3 Å². The molecule has 5 rings (SSSR count). The number of hydrogen-bond donors (Lipinski definition) is 1. The van der Waals surface area contributed by atoms with Gasteiger partial charge in [-0.1, -0.05) is 36.4 Å². The number of ether oxygens (including phenoxy) is 3. The summed E-state index contributed by atoms with van der Waals surface area (Å²) in [6.45, 7) is 5.21. The number of carbonyl (C=O) groups is 2. The summed E-state index contributed by atoms with van der Waals surface area (Å²) in [4.78, 5) is 43.3. The normalized spacial score (nSPS) is 14.8. The average molecular weight is 541 g/mol. The molecule has 0 saturated heterocycles. The molecule has 0 saturated carbocycles. The molecule has 40 heavy (non-hydrogen) atoms. The number of para-hydroxylation sites is 2. The third kappa shape index (κ3) is 6.20. The van der Waals surface area contributed by atoms with Gasteiger partial charge in [-0.15, -0.1) is 0 Å². The molecule has 204 valence electrons. The number of hydrogen-bond acceptors (Lipinski definition) is 8. The molecule has 1 aliphatic rings. The van der Waals surface area contributed by atoms with Crippen LogP contribution in [-0.4, -0.2) is 29.9 Å². The Balaban J connectivity index is 1.35. The van der Waals surface area contributed by atoms with E-state index in [0.29, 0.717) is 5.75 Å². The number of rotatable bonds is 7. The standard InChI is InChI=1S/C31H28N2O7/c1-31(2,3)40-30(36)33-25(15-19-17-32-24-12-8-7-11-22(19)24)29(35)39-21-13-14-23-26(16-21)37-18-27(28(23)34)38-20-9-5-4-6-10-20/h4-14,16-19,25H,15H2,1-3H3,(H,33,36). The molecule has 2 heterocycles. The van der Waals surface area contributed by atoms with Crippen LogP contribution >= 0.6 is 0 Å². The summed E-state index contributed by atoms with van der Waals surface area (Å²) in [6, 6.07) is 19.9. The van der Waals surface area contributed by atoms with E-state index in [1.807, 2.05) is 30.3 Å². The van der Waals surface area contributed by atoms with Gasteiger partial charge in [0.1, 0.15) is 35.0 Å². The minimum Gasteiger partial charge on any atom is -0.460 e. The maximum Gasteiger partial charge on any atom is 0.408 e. The number of esters is 1. The Morgan fingerprint density at radius 2 is 1.75 bits per heavy atom. The first-order chi connectivity index (χ1) is 19.2. The van der Waals surface area contributed by atoms with Crippen molar-refractivity contribution in [1.29, 1.82) is 0 Å². The van der Waals surface area contributed by atoms with Crippen LogP contribution in [-0.2, 0) is 9.53 Å². The fourth-order valence-electron chi connectivity index (χ4n) is 4.30. The van der Waals surface area contributed by atoms with Gasteiger partial charge in [0.25, 0.3) is 0 Å². The lowest BCUT2D eigenvalue weighted by molar-refractivity contribution is -0.137. The van der Waals surface area contributed by atoms with Gasteiger partial charge in [-0.05, 0) is 63.1 Å². The second-order valence-electron chi connectivity index (χ2n) is 10.3. The molecule has 3 aromatic carbocycles. The van der Waals surface area contributed by atoms with Gasteiger partial charge >= 0.3 is 12.1 Å². The Hall–Kier alpha value is -4.92. The molecule has 4 aromatic rings. The van der Waals surface area contributed by atoms with Crippen molar-refractivity contribution >= 4 is 34.9 Å². The number of fused-ring (bicyclic) bond motifs is 2. The molecular weight excluding hydrogens is 512 g/mol. The summed E-state index contributed by atoms with van der Waals surface area (Å²) in [7, 11) is 0. The highest BCUT2D eigenvalue weighted by atomic mass is 16.6. The van der Waals surface area contributed by atoms with Gasteiger partial charge in [-0.2, -0.15) is 0 Å². The first-order valence-electron chi connectivity index (χ1n) is 12.8. The number of benzene rings is 3. The Morgan fingerprint density at radius 3 is 2.52 bits per heavy atom. The van der Waals surface area contributed by atoms with E-state index in [1.165, 1.54) is 24.5 Å². The van der Waals surface area contributed by atoms with E-state index in [0.717, 1.165) is 11.3 Å². The lowest BCUT2D eigenvalue weighted by Crippen LogP contribution is -2.46. The van der Waals surface area contributed by atoms with E-state index < -0.39 is 23.7 Å². The zero-order valence-electron chi connectivity index (χ0n) is 22.2. The molecule has 2 unspecified atom stereocenters.